The van der Waals surface area contributed by atoms with Crippen molar-refractivity contribution in [2.45, 2.75) is 129 Å². The Balaban J connectivity index is 1.07. The number of unbranched alkanes of at least 4 members (excludes halogenated alkanes) is 9. The third-order valence-electron chi connectivity index (χ3n) is 9.94. The number of hydrogen-bond donors (Lipinski definition) is 2. The van der Waals surface area contributed by atoms with Crippen molar-refractivity contribution in [3.05, 3.63) is 81.2 Å². The number of nitrogens with one attached hydrogen (secondary N) is 1. The van der Waals surface area contributed by atoms with Crippen LogP contribution in [0, 0.1) is 0 Å². The van der Waals surface area contributed by atoms with Gasteiger partial charge in [0.2, 0.25) is 0 Å². The van der Waals surface area contributed by atoms with Crippen molar-refractivity contribution >= 4 is 23.0 Å². The third-order valence-corrected chi connectivity index (χ3v) is 9.94. The summed E-state index contributed by atoms with van der Waals surface area (Å²) in [6, 6.07) is 6.94. The number of hydrogen-bond acceptors (Lipinski definition) is 8. The fraction of sp³-hybridized carbons (Fsp3) is 0.512. The molecule has 10 nitrogen and oxygen atoms in total. The van der Waals surface area contributed by atoms with Crippen LogP contribution in [0.15, 0.2) is 53.4 Å². The number of aryl methyl sites for hydroxylation is 1. The van der Waals surface area contributed by atoms with Crippen LogP contribution in [0.3, 0.4) is 0 Å². The van der Waals surface area contributed by atoms with Crippen molar-refractivity contribution in [2.75, 3.05) is 6.61 Å². The molecule has 5 rings (SSSR count). The molecule has 0 aliphatic carbocycles. The second-order valence-electron chi connectivity index (χ2n) is 13.5. The summed E-state index contributed by atoms with van der Waals surface area (Å²) in [5, 5.41) is 12.0. The number of amides is 1. The van der Waals surface area contributed by atoms with E-state index in [9.17, 15) is 19.5 Å². The normalized spacial score (nSPS) is 16.4. The second kappa shape index (κ2) is 18.3. The Morgan fingerprint density at radius 1 is 0.961 bits per heavy atom. The van der Waals surface area contributed by atoms with Crippen molar-refractivity contribution < 1.29 is 29.0 Å². The predicted octanol–water partition coefficient (Wildman–Crippen LogP) is 8.48. The summed E-state index contributed by atoms with van der Waals surface area (Å²) in [6.45, 7) is 6.48. The van der Waals surface area contributed by atoms with Gasteiger partial charge in [-0.15, -0.1) is 0 Å². The number of carbonyl (C=O) groups is 2. The van der Waals surface area contributed by atoms with E-state index in [0.717, 1.165) is 48.6 Å². The maximum absolute atomic E-state index is 13.6. The Labute approximate surface area is 300 Å². The molecule has 0 unspecified atom stereocenters. The molecule has 2 N–H and O–H groups in total. The second-order valence-corrected chi connectivity index (χ2v) is 13.5. The molecule has 1 amide bonds. The number of esters is 1. The van der Waals surface area contributed by atoms with Gasteiger partial charge in [-0.1, -0.05) is 83.6 Å². The molecule has 4 heterocycles. The van der Waals surface area contributed by atoms with E-state index in [1.807, 2.05) is 6.92 Å². The molecule has 274 valence electrons. The highest BCUT2D eigenvalue weighted by atomic mass is 16.7. The Kier molecular flexibility index (Phi) is 13.6. The van der Waals surface area contributed by atoms with Crippen LogP contribution in [0.25, 0.3) is 22.3 Å². The average Bonchev–Trinajstić information content (AvgIpc) is 3.50. The summed E-state index contributed by atoms with van der Waals surface area (Å²) in [5.41, 5.74) is 4.51. The summed E-state index contributed by atoms with van der Waals surface area (Å²) in [7, 11) is 0. The molecule has 0 radical (unpaired) electrons. The van der Waals surface area contributed by atoms with Crippen molar-refractivity contribution in [3.63, 3.8) is 0 Å². The Morgan fingerprint density at radius 3 is 2.41 bits per heavy atom. The highest BCUT2D eigenvalue weighted by Crippen LogP contribution is 2.40. The van der Waals surface area contributed by atoms with Gasteiger partial charge in [0.15, 0.2) is 5.60 Å². The number of hydroxylamine groups is 1. The van der Waals surface area contributed by atoms with Crippen molar-refractivity contribution in [1.29, 1.82) is 0 Å². The molecule has 1 aromatic carbocycles. The number of ether oxygens (including phenoxy) is 2. The van der Waals surface area contributed by atoms with Crippen LogP contribution < -0.4 is 15.8 Å². The monoisotopic (exact) mass is 699 g/mol. The molecule has 0 saturated carbocycles. The van der Waals surface area contributed by atoms with Crippen LogP contribution >= 0.6 is 0 Å². The first-order valence-corrected chi connectivity index (χ1v) is 18.8. The quantitative estimate of drug-likeness (QED) is 0.0432. The van der Waals surface area contributed by atoms with Crippen LogP contribution in [0.1, 0.15) is 126 Å². The third kappa shape index (κ3) is 8.97. The zero-order valence-electron chi connectivity index (χ0n) is 30.4. The topological polar surface area (TPSA) is 129 Å². The first kappa shape index (κ1) is 38.0. The predicted molar refractivity (Wildman–Crippen MR) is 198 cm³/mol. The summed E-state index contributed by atoms with van der Waals surface area (Å²) >= 11 is 0. The molecular weight excluding hydrogens is 646 g/mol. The average molecular weight is 700 g/mol. The maximum atomic E-state index is 13.6. The molecule has 2 aliphatic heterocycles. The van der Waals surface area contributed by atoms with Gasteiger partial charge in [-0.3, -0.25) is 9.63 Å². The molecule has 3 aromatic rings. The highest BCUT2D eigenvalue weighted by Gasteiger charge is 2.45. The molecule has 2 aliphatic rings. The van der Waals surface area contributed by atoms with E-state index in [2.05, 4.69) is 36.7 Å². The number of rotatable bonds is 19. The minimum atomic E-state index is -1.88. The first-order chi connectivity index (χ1) is 24.8. The van der Waals surface area contributed by atoms with Gasteiger partial charge in [-0.2, -0.15) is 5.48 Å². The SMILES string of the molecule is CCCCC/C=C\C/C=C\CCCCCCCCONC(=O)Oc1ccc2nc3c(c(CC)c2c1)Cn1c-3cc2c(c1=O)COC(=O)[C@]2(O)CC. The standard InChI is InChI=1S/C41H53N3O7/c1-4-7-8-9-10-11-12-13-14-15-16-17-18-19-20-21-24-50-43-40(47)51-29-22-23-35-31(25-29)30(5-2)32-27-44-36(37(32)42-35)26-34-33(38(44)45)28-49-39(46)41(34,48)6-3/h10-11,13-14,22-23,25-26,48H,4-9,12,15-21,24,27-28H2,1-3H3,(H,43,47)/b11-10-,14-13-/t41-/m0/s1. The van der Waals surface area contributed by atoms with Gasteiger partial charge in [0, 0.05) is 16.5 Å². The van der Waals surface area contributed by atoms with Crippen LogP contribution in [0.4, 0.5) is 4.79 Å². The minimum Gasteiger partial charge on any atom is -0.458 e. The number of aromatic nitrogens is 2. The number of aliphatic hydroxyl groups is 1. The number of fused-ring (bicyclic) bond motifs is 5. The molecule has 0 fully saturated rings. The Bertz CT molecular complexity index is 1810. The molecule has 51 heavy (non-hydrogen) atoms. The molecular formula is C41H53N3O7. The molecule has 0 spiro atoms. The molecule has 2 aromatic heterocycles. The molecule has 10 heteroatoms. The Hall–Kier alpha value is -4.28. The van der Waals surface area contributed by atoms with Crippen LogP contribution in [0.2, 0.25) is 0 Å². The lowest BCUT2D eigenvalue weighted by atomic mass is 9.86. The maximum Gasteiger partial charge on any atom is 0.436 e. The largest absolute Gasteiger partial charge is 0.458 e. The zero-order chi connectivity index (χ0) is 36.2. The van der Waals surface area contributed by atoms with Gasteiger partial charge < -0.3 is 19.1 Å². The summed E-state index contributed by atoms with van der Waals surface area (Å²) in [4.78, 5) is 48.8. The summed E-state index contributed by atoms with van der Waals surface area (Å²) in [6.07, 6.45) is 23.1. The van der Waals surface area contributed by atoms with E-state index in [-0.39, 0.29) is 29.7 Å². The van der Waals surface area contributed by atoms with Crippen molar-refractivity contribution in [2.24, 2.45) is 0 Å². The summed E-state index contributed by atoms with van der Waals surface area (Å²) < 4.78 is 12.3. The van der Waals surface area contributed by atoms with E-state index >= 15 is 0 Å². The lowest BCUT2D eigenvalue weighted by Gasteiger charge is -2.31. The van der Waals surface area contributed by atoms with Crippen molar-refractivity contribution in [3.8, 4) is 17.1 Å². The van der Waals surface area contributed by atoms with Crippen molar-refractivity contribution in [1.82, 2.24) is 15.0 Å². The molecule has 1 atom stereocenters. The van der Waals surface area contributed by atoms with E-state index in [0.29, 0.717) is 42.2 Å². The fourth-order valence-electron chi connectivity index (χ4n) is 7.01. The smallest absolute Gasteiger partial charge is 0.436 e. The van der Waals surface area contributed by atoms with Gasteiger partial charge in [-0.25, -0.2) is 14.6 Å². The molecule has 0 saturated heterocycles. The van der Waals surface area contributed by atoms with Gasteiger partial charge in [0.25, 0.3) is 5.56 Å². The van der Waals surface area contributed by atoms with Gasteiger partial charge >= 0.3 is 12.1 Å². The van der Waals surface area contributed by atoms with E-state index in [1.54, 1.807) is 35.8 Å². The zero-order valence-corrected chi connectivity index (χ0v) is 30.4. The van der Waals surface area contributed by atoms with Gasteiger partial charge in [0.05, 0.1) is 35.6 Å². The van der Waals surface area contributed by atoms with Crippen LogP contribution in [-0.2, 0) is 39.5 Å². The van der Waals surface area contributed by atoms with Crippen LogP contribution in [0.5, 0.6) is 5.75 Å². The number of allylic oxidation sites excluding steroid dienone is 4. The van der Waals surface area contributed by atoms with E-state index in [4.69, 9.17) is 19.3 Å². The fourth-order valence-corrected chi connectivity index (χ4v) is 7.01. The Morgan fingerprint density at radius 2 is 1.69 bits per heavy atom. The summed E-state index contributed by atoms with van der Waals surface area (Å²) in [5.74, 6) is -0.402. The van der Waals surface area contributed by atoms with Gasteiger partial charge in [-0.05, 0) is 81.2 Å². The van der Waals surface area contributed by atoms with E-state index < -0.39 is 17.7 Å². The molecule has 0 bridgehead atoms. The lowest BCUT2D eigenvalue weighted by molar-refractivity contribution is -0.172. The first-order valence-electron chi connectivity index (χ1n) is 18.8. The number of nitrogens with zero attached hydrogens (tertiary/aromatic N) is 2. The van der Waals surface area contributed by atoms with Crippen LogP contribution in [-0.4, -0.2) is 33.3 Å². The highest BCUT2D eigenvalue weighted by molar-refractivity contribution is 5.90. The van der Waals surface area contributed by atoms with Gasteiger partial charge in [0.1, 0.15) is 12.4 Å². The minimum absolute atomic E-state index is 0.0812. The number of cyclic esters (lactones) is 1. The number of pyridine rings is 2. The lowest BCUT2D eigenvalue weighted by Crippen LogP contribution is -2.44. The number of carbonyl (C=O) groups excluding carboxylic acids is 2. The number of benzene rings is 1. The van der Waals surface area contributed by atoms with E-state index in [1.165, 1.54) is 44.9 Å².